The number of benzene rings is 1. The van der Waals surface area contributed by atoms with Crippen LogP contribution in [-0.2, 0) is 0 Å². The molecule has 0 saturated carbocycles. The number of thiocarbonyl (C=S) groups is 1. The van der Waals surface area contributed by atoms with Gasteiger partial charge in [0.15, 0.2) is 0 Å². The van der Waals surface area contributed by atoms with E-state index in [1.54, 1.807) is 0 Å². The lowest BCUT2D eigenvalue weighted by Crippen LogP contribution is -2.25. The Bertz CT molecular complexity index is 399. The van der Waals surface area contributed by atoms with Crippen molar-refractivity contribution in [2.24, 2.45) is 11.7 Å². The summed E-state index contributed by atoms with van der Waals surface area (Å²) in [6, 6.07) is 6.40. The lowest BCUT2D eigenvalue weighted by molar-refractivity contribution is 0.810. The summed E-state index contributed by atoms with van der Waals surface area (Å²) in [7, 11) is 0. The molecule has 0 fully saturated rings. The van der Waals surface area contributed by atoms with Crippen LogP contribution in [0.2, 0.25) is 0 Å². The molecule has 0 bridgehead atoms. The first-order chi connectivity index (χ1) is 7.93. The van der Waals surface area contributed by atoms with Gasteiger partial charge < -0.3 is 11.1 Å². The van der Waals surface area contributed by atoms with E-state index in [2.05, 4.69) is 44.3 Å². The summed E-state index contributed by atoms with van der Waals surface area (Å²) in [6.45, 7) is 9.37. The molecule has 1 aromatic rings. The molecule has 2 nitrogen and oxygen atoms in total. The van der Waals surface area contributed by atoms with Gasteiger partial charge in [0.2, 0.25) is 0 Å². The summed E-state index contributed by atoms with van der Waals surface area (Å²) in [6.07, 6.45) is 0. The Kier molecular flexibility index (Phi) is 4.94. The minimum absolute atomic E-state index is 0.213. The summed E-state index contributed by atoms with van der Waals surface area (Å²) in [5, 5.41) is 3.48. The molecule has 0 saturated heterocycles. The van der Waals surface area contributed by atoms with Gasteiger partial charge >= 0.3 is 0 Å². The first kappa shape index (κ1) is 14.0. The Hall–Kier alpha value is -1.09. The van der Waals surface area contributed by atoms with Crippen LogP contribution in [0.3, 0.4) is 0 Å². The molecule has 0 aliphatic heterocycles. The lowest BCUT2D eigenvalue weighted by Gasteiger charge is -2.19. The number of rotatable bonds is 5. The quantitative estimate of drug-likeness (QED) is 0.786. The van der Waals surface area contributed by atoms with Crippen molar-refractivity contribution in [1.82, 2.24) is 0 Å². The standard InChI is InChI=1S/C14H22N2S/c1-9(2)12-7-5-6-10(3)13(12)16-8-11(4)14(15)17/h5-7,9,11,16H,8H2,1-4H3,(H2,15,17). The van der Waals surface area contributed by atoms with Crippen molar-refractivity contribution in [3.05, 3.63) is 29.3 Å². The van der Waals surface area contributed by atoms with Crippen LogP contribution in [-0.4, -0.2) is 11.5 Å². The average Bonchev–Trinajstić information content (AvgIpc) is 2.26. The molecule has 1 rings (SSSR count). The summed E-state index contributed by atoms with van der Waals surface area (Å²) in [5.74, 6) is 0.724. The van der Waals surface area contributed by atoms with E-state index in [0.717, 1.165) is 6.54 Å². The Morgan fingerprint density at radius 3 is 2.53 bits per heavy atom. The van der Waals surface area contributed by atoms with Crippen molar-refractivity contribution in [3.8, 4) is 0 Å². The highest BCUT2D eigenvalue weighted by molar-refractivity contribution is 7.80. The Labute approximate surface area is 110 Å². The van der Waals surface area contributed by atoms with Gasteiger partial charge in [0, 0.05) is 18.2 Å². The molecule has 0 radical (unpaired) electrons. The topological polar surface area (TPSA) is 38.0 Å². The number of hydrogen-bond donors (Lipinski definition) is 2. The van der Waals surface area contributed by atoms with E-state index in [4.69, 9.17) is 18.0 Å². The monoisotopic (exact) mass is 250 g/mol. The summed E-state index contributed by atoms with van der Waals surface area (Å²) in [4.78, 5) is 0.567. The van der Waals surface area contributed by atoms with Gasteiger partial charge in [-0.05, 0) is 24.0 Å². The molecule has 0 aliphatic rings. The number of para-hydroxylation sites is 1. The molecule has 94 valence electrons. The van der Waals surface area contributed by atoms with Crippen molar-refractivity contribution in [1.29, 1.82) is 0 Å². The van der Waals surface area contributed by atoms with E-state index < -0.39 is 0 Å². The molecular formula is C14H22N2S. The Morgan fingerprint density at radius 2 is 2.00 bits per heavy atom. The van der Waals surface area contributed by atoms with Crippen LogP contribution in [0.15, 0.2) is 18.2 Å². The fourth-order valence-corrected chi connectivity index (χ4v) is 1.85. The van der Waals surface area contributed by atoms with Crippen LogP contribution < -0.4 is 11.1 Å². The molecule has 0 amide bonds. The van der Waals surface area contributed by atoms with Gasteiger partial charge in [0.1, 0.15) is 0 Å². The van der Waals surface area contributed by atoms with E-state index >= 15 is 0 Å². The molecule has 3 N–H and O–H groups in total. The van der Waals surface area contributed by atoms with Crippen LogP contribution in [0, 0.1) is 12.8 Å². The molecule has 0 aromatic heterocycles. The Morgan fingerprint density at radius 1 is 1.35 bits per heavy atom. The second-order valence-corrected chi connectivity index (χ2v) is 5.35. The minimum Gasteiger partial charge on any atom is -0.393 e. The molecule has 1 atom stereocenters. The highest BCUT2D eigenvalue weighted by atomic mass is 32.1. The maximum Gasteiger partial charge on any atom is 0.0773 e. The highest BCUT2D eigenvalue weighted by Gasteiger charge is 2.10. The van der Waals surface area contributed by atoms with Gasteiger partial charge in [-0.1, -0.05) is 51.2 Å². The second-order valence-electron chi connectivity index (χ2n) is 4.88. The SMILES string of the molecule is Cc1cccc(C(C)C)c1NCC(C)C(N)=S. The predicted molar refractivity (Wildman–Crippen MR) is 79.7 cm³/mol. The second kappa shape index (κ2) is 6.01. The van der Waals surface area contributed by atoms with Crippen molar-refractivity contribution >= 4 is 22.9 Å². The van der Waals surface area contributed by atoms with Crippen LogP contribution in [0.25, 0.3) is 0 Å². The summed E-state index contributed by atoms with van der Waals surface area (Å²) >= 11 is 4.99. The van der Waals surface area contributed by atoms with Gasteiger partial charge in [-0.2, -0.15) is 0 Å². The number of nitrogens with one attached hydrogen (secondary N) is 1. The Balaban J connectivity index is 2.86. The third-order valence-electron chi connectivity index (χ3n) is 3.00. The largest absolute Gasteiger partial charge is 0.393 e. The van der Waals surface area contributed by atoms with E-state index in [9.17, 15) is 0 Å². The molecule has 3 heteroatoms. The van der Waals surface area contributed by atoms with Gasteiger partial charge in [-0.15, -0.1) is 0 Å². The zero-order chi connectivity index (χ0) is 13.0. The van der Waals surface area contributed by atoms with Crippen LogP contribution >= 0.6 is 12.2 Å². The van der Waals surface area contributed by atoms with Crippen molar-refractivity contribution < 1.29 is 0 Å². The molecule has 0 spiro atoms. The molecule has 17 heavy (non-hydrogen) atoms. The third-order valence-corrected chi connectivity index (χ3v) is 3.40. The normalized spacial score (nSPS) is 12.5. The summed E-state index contributed by atoms with van der Waals surface area (Å²) in [5.41, 5.74) is 9.47. The first-order valence-electron chi connectivity index (χ1n) is 6.06. The molecular weight excluding hydrogens is 228 g/mol. The average molecular weight is 250 g/mol. The number of hydrogen-bond acceptors (Lipinski definition) is 2. The molecule has 1 unspecified atom stereocenters. The van der Waals surface area contributed by atoms with E-state index in [-0.39, 0.29) is 5.92 Å². The van der Waals surface area contributed by atoms with Crippen molar-refractivity contribution in [2.45, 2.75) is 33.6 Å². The van der Waals surface area contributed by atoms with Gasteiger partial charge in [-0.3, -0.25) is 0 Å². The van der Waals surface area contributed by atoms with Crippen molar-refractivity contribution in [2.75, 3.05) is 11.9 Å². The minimum atomic E-state index is 0.213. The summed E-state index contributed by atoms with van der Waals surface area (Å²) < 4.78 is 0. The third kappa shape index (κ3) is 3.70. The number of anilines is 1. The highest BCUT2D eigenvalue weighted by Crippen LogP contribution is 2.27. The number of nitrogens with two attached hydrogens (primary N) is 1. The maximum absolute atomic E-state index is 5.63. The van der Waals surface area contributed by atoms with Crippen molar-refractivity contribution in [3.63, 3.8) is 0 Å². The van der Waals surface area contributed by atoms with E-state index in [0.29, 0.717) is 10.9 Å². The zero-order valence-corrected chi connectivity index (χ0v) is 11.9. The van der Waals surface area contributed by atoms with Crippen LogP contribution in [0.1, 0.15) is 37.8 Å². The number of aryl methyl sites for hydroxylation is 1. The smallest absolute Gasteiger partial charge is 0.0773 e. The molecule has 0 heterocycles. The van der Waals surface area contributed by atoms with Crippen LogP contribution in [0.4, 0.5) is 5.69 Å². The van der Waals surface area contributed by atoms with Crippen LogP contribution in [0.5, 0.6) is 0 Å². The van der Waals surface area contributed by atoms with Gasteiger partial charge in [0.25, 0.3) is 0 Å². The predicted octanol–water partition coefficient (Wildman–Crippen LogP) is 3.45. The fourth-order valence-electron chi connectivity index (χ4n) is 1.77. The van der Waals surface area contributed by atoms with E-state index in [1.807, 2.05) is 6.92 Å². The first-order valence-corrected chi connectivity index (χ1v) is 6.47. The van der Waals surface area contributed by atoms with Gasteiger partial charge in [0.05, 0.1) is 4.99 Å². The molecule has 1 aromatic carbocycles. The maximum atomic E-state index is 5.63. The van der Waals surface area contributed by atoms with E-state index in [1.165, 1.54) is 16.8 Å². The lowest BCUT2D eigenvalue weighted by atomic mass is 9.98. The zero-order valence-electron chi connectivity index (χ0n) is 11.1. The fraction of sp³-hybridized carbons (Fsp3) is 0.500. The molecule has 0 aliphatic carbocycles. The van der Waals surface area contributed by atoms with Gasteiger partial charge in [-0.25, -0.2) is 0 Å².